The second-order valence-electron chi connectivity index (χ2n) is 8.42. The number of fused-ring (bicyclic) bond motifs is 1. The van der Waals surface area contributed by atoms with Crippen LogP contribution >= 0.6 is 0 Å². The molecule has 2 heterocycles. The largest absolute Gasteiger partial charge is 0.507 e. The van der Waals surface area contributed by atoms with Crippen LogP contribution in [0.2, 0.25) is 0 Å². The Bertz CT molecular complexity index is 1120. The van der Waals surface area contributed by atoms with E-state index in [9.17, 15) is 14.7 Å². The van der Waals surface area contributed by atoms with E-state index >= 15 is 0 Å². The highest BCUT2D eigenvalue weighted by Gasteiger charge is 2.46. The van der Waals surface area contributed by atoms with E-state index in [2.05, 4.69) is 0 Å². The summed E-state index contributed by atoms with van der Waals surface area (Å²) in [6.07, 6.45) is 2.39. The van der Waals surface area contributed by atoms with E-state index in [1.54, 1.807) is 37.4 Å². The van der Waals surface area contributed by atoms with Crippen molar-refractivity contribution in [2.45, 2.75) is 45.3 Å². The standard InChI is InChI=1S/C26H29NO6/c1-5-6-11-27-23(16-7-10-20(31-3)21(14-16)32-4)22(25(29)26(27)30)24(28)17-8-9-19-18(13-17)12-15(2)33-19/h7-10,13-15,23,28H,5-6,11-12H2,1-4H3/b24-22+. The fourth-order valence-corrected chi connectivity index (χ4v) is 4.53. The molecular weight excluding hydrogens is 422 g/mol. The molecule has 174 valence electrons. The molecule has 2 unspecified atom stereocenters. The first-order valence-electron chi connectivity index (χ1n) is 11.2. The average molecular weight is 452 g/mol. The van der Waals surface area contributed by atoms with Crippen molar-refractivity contribution in [1.29, 1.82) is 0 Å². The van der Waals surface area contributed by atoms with Gasteiger partial charge in [-0.25, -0.2) is 0 Å². The normalized spacial score (nSPS) is 21.2. The zero-order valence-electron chi connectivity index (χ0n) is 19.4. The molecule has 2 aromatic rings. The lowest BCUT2D eigenvalue weighted by atomic mass is 9.94. The van der Waals surface area contributed by atoms with Gasteiger partial charge in [0.25, 0.3) is 11.7 Å². The number of ether oxygens (including phenoxy) is 3. The minimum absolute atomic E-state index is 0.0591. The summed E-state index contributed by atoms with van der Waals surface area (Å²) >= 11 is 0. The number of hydrogen-bond donors (Lipinski definition) is 1. The van der Waals surface area contributed by atoms with Crippen LogP contribution in [0.3, 0.4) is 0 Å². The fourth-order valence-electron chi connectivity index (χ4n) is 4.53. The number of carbonyl (C=O) groups is 2. The van der Waals surface area contributed by atoms with Gasteiger partial charge in [0, 0.05) is 18.5 Å². The van der Waals surface area contributed by atoms with Gasteiger partial charge in [-0.2, -0.15) is 0 Å². The minimum Gasteiger partial charge on any atom is -0.507 e. The van der Waals surface area contributed by atoms with E-state index in [-0.39, 0.29) is 17.4 Å². The Hall–Kier alpha value is -3.48. The van der Waals surface area contributed by atoms with E-state index in [1.165, 1.54) is 12.0 Å². The molecule has 1 amide bonds. The van der Waals surface area contributed by atoms with Crippen LogP contribution in [0.1, 0.15) is 49.4 Å². The molecule has 1 N–H and O–H groups in total. The maximum atomic E-state index is 13.2. The first-order chi connectivity index (χ1) is 15.9. The first kappa shape index (κ1) is 22.7. The lowest BCUT2D eigenvalue weighted by Gasteiger charge is -2.26. The highest BCUT2D eigenvalue weighted by Crippen LogP contribution is 2.42. The number of carbonyl (C=O) groups excluding carboxylic acids is 2. The van der Waals surface area contributed by atoms with Crippen LogP contribution < -0.4 is 14.2 Å². The number of benzene rings is 2. The van der Waals surface area contributed by atoms with Gasteiger partial charge in [0.1, 0.15) is 17.6 Å². The number of hydrogen-bond acceptors (Lipinski definition) is 6. The Morgan fingerprint density at radius 2 is 1.88 bits per heavy atom. The second kappa shape index (κ2) is 9.17. The van der Waals surface area contributed by atoms with Crippen LogP contribution in [0, 0.1) is 0 Å². The Morgan fingerprint density at radius 1 is 1.12 bits per heavy atom. The Balaban J connectivity index is 1.85. The van der Waals surface area contributed by atoms with Crippen molar-refractivity contribution in [2.75, 3.05) is 20.8 Å². The summed E-state index contributed by atoms with van der Waals surface area (Å²) in [7, 11) is 3.08. The smallest absolute Gasteiger partial charge is 0.295 e. The molecule has 1 fully saturated rings. The number of methoxy groups -OCH3 is 2. The molecule has 33 heavy (non-hydrogen) atoms. The summed E-state index contributed by atoms with van der Waals surface area (Å²) in [5.74, 6) is 0.323. The summed E-state index contributed by atoms with van der Waals surface area (Å²) in [5, 5.41) is 11.3. The number of amides is 1. The Kier molecular flexibility index (Phi) is 6.31. The number of rotatable bonds is 7. The second-order valence-corrected chi connectivity index (χ2v) is 8.42. The van der Waals surface area contributed by atoms with Gasteiger partial charge >= 0.3 is 0 Å². The van der Waals surface area contributed by atoms with Crippen LogP contribution in [0.15, 0.2) is 42.0 Å². The maximum Gasteiger partial charge on any atom is 0.295 e. The number of likely N-dealkylation sites (tertiary alicyclic amines) is 1. The van der Waals surface area contributed by atoms with Crippen molar-refractivity contribution in [3.8, 4) is 17.2 Å². The summed E-state index contributed by atoms with van der Waals surface area (Å²) in [6.45, 7) is 4.41. The highest BCUT2D eigenvalue weighted by molar-refractivity contribution is 6.46. The molecule has 0 radical (unpaired) electrons. The molecule has 7 heteroatoms. The minimum atomic E-state index is -0.722. The molecule has 2 aliphatic rings. The summed E-state index contributed by atoms with van der Waals surface area (Å²) in [6, 6.07) is 9.91. The van der Waals surface area contributed by atoms with E-state index in [4.69, 9.17) is 14.2 Å². The van der Waals surface area contributed by atoms with Gasteiger partial charge in [0.15, 0.2) is 11.5 Å². The lowest BCUT2D eigenvalue weighted by molar-refractivity contribution is -0.139. The molecule has 2 aromatic carbocycles. The molecule has 0 aromatic heterocycles. The molecule has 0 spiro atoms. The predicted octanol–water partition coefficient (Wildman–Crippen LogP) is 4.25. The van der Waals surface area contributed by atoms with Crippen molar-refractivity contribution in [3.63, 3.8) is 0 Å². The molecule has 0 saturated carbocycles. The topological polar surface area (TPSA) is 85.3 Å². The summed E-state index contributed by atoms with van der Waals surface area (Å²) < 4.78 is 16.5. The number of unbranched alkanes of at least 4 members (excludes halogenated alkanes) is 1. The lowest BCUT2D eigenvalue weighted by Crippen LogP contribution is -2.30. The van der Waals surface area contributed by atoms with E-state index in [1.807, 2.05) is 19.9 Å². The third-order valence-electron chi connectivity index (χ3n) is 6.19. The van der Waals surface area contributed by atoms with Crippen LogP contribution in [-0.4, -0.2) is 48.6 Å². The average Bonchev–Trinajstić information content (AvgIpc) is 3.32. The van der Waals surface area contributed by atoms with Crippen LogP contribution in [0.5, 0.6) is 17.2 Å². The Morgan fingerprint density at radius 3 is 2.58 bits per heavy atom. The molecule has 2 aliphatic heterocycles. The fraction of sp³-hybridized carbons (Fsp3) is 0.385. The van der Waals surface area contributed by atoms with Gasteiger partial charge in [0.05, 0.1) is 25.8 Å². The van der Waals surface area contributed by atoms with Crippen LogP contribution in [-0.2, 0) is 16.0 Å². The quantitative estimate of drug-likeness (QED) is 0.385. The number of nitrogens with zero attached hydrogens (tertiary/aromatic N) is 1. The van der Waals surface area contributed by atoms with E-state index < -0.39 is 17.7 Å². The van der Waals surface area contributed by atoms with Gasteiger partial charge in [-0.1, -0.05) is 19.4 Å². The number of aliphatic hydroxyl groups excluding tert-OH is 1. The Labute approximate surface area is 193 Å². The predicted molar refractivity (Wildman–Crippen MR) is 124 cm³/mol. The number of aliphatic hydroxyl groups is 1. The number of Topliss-reactive ketones (excluding diaryl/α,β-unsaturated/α-hetero) is 1. The van der Waals surface area contributed by atoms with Gasteiger partial charge in [-0.05, 0) is 54.8 Å². The zero-order valence-corrected chi connectivity index (χ0v) is 19.4. The SMILES string of the molecule is CCCCN1C(=O)C(=O)/C(=C(/O)c2ccc3c(c2)CC(C)O3)C1c1ccc(OC)c(OC)c1. The van der Waals surface area contributed by atoms with Gasteiger partial charge < -0.3 is 24.2 Å². The zero-order chi connectivity index (χ0) is 23.7. The molecular formula is C26H29NO6. The maximum absolute atomic E-state index is 13.2. The first-order valence-corrected chi connectivity index (χ1v) is 11.2. The monoisotopic (exact) mass is 451 g/mol. The molecule has 0 bridgehead atoms. The third kappa shape index (κ3) is 4.03. The summed E-state index contributed by atoms with van der Waals surface area (Å²) in [5.41, 5.74) is 2.21. The van der Waals surface area contributed by atoms with E-state index in [0.717, 1.165) is 30.6 Å². The van der Waals surface area contributed by atoms with Gasteiger partial charge in [0.2, 0.25) is 0 Å². The van der Waals surface area contributed by atoms with Gasteiger partial charge in [-0.3, -0.25) is 9.59 Å². The molecule has 7 nitrogen and oxygen atoms in total. The third-order valence-corrected chi connectivity index (χ3v) is 6.19. The molecule has 2 atom stereocenters. The van der Waals surface area contributed by atoms with Gasteiger partial charge in [-0.15, -0.1) is 0 Å². The molecule has 0 aliphatic carbocycles. The summed E-state index contributed by atoms with van der Waals surface area (Å²) in [4.78, 5) is 27.7. The number of ketones is 1. The van der Waals surface area contributed by atoms with Crippen molar-refractivity contribution in [1.82, 2.24) is 4.90 Å². The van der Waals surface area contributed by atoms with Crippen LogP contribution in [0.4, 0.5) is 0 Å². The van der Waals surface area contributed by atoms with E-state index in [0.29, 0.717) is 29.2 Å². The van der Waals surface area contributed by atoms with Crippen LogP contribution in [0.25, 0.3) is 5.76 Å². The van der Waals surface area contributed by atoms with Crippen molar-refractivity contribution >= 4 is 17.4 Å². The van der Waals surface area contributed by atoms with Crippen molar-refractivity contribution in [2.24, 2.45) is 0 Å². The molecule has 4 rings (SSSR count). The highest BCUT2D eigenvalue weighted by atomic mass is 16.5. The molecule has 1 saturated heterocycles. The van der Waals surface area contributed by atoms with Crippen molar-refractivity contribution in [3.05, 3.63) is 58.7 Å². The van der Waals surface area contributed by atoms with Crippen molar-refractivity contribution < 1.29 is 28.9 Å².